The number of anilines is 1. The van der Waals surface area contributed by atoms with Gasteiger partial charge >= 0.3 is 0 Å². The molecule has 0 saturated carbocycles. The second-order valence-corrected chi connectivity index (χ2v) is 5.57. The number of ether oxygens (including phenoxy) is 1. The molecule has 0 aromatic carbocycles. The normalized spacial score (nSPS) is 32.0. The summed E-state index contributed by atoms with van der Waals surface area (Å²) in [5, 5.41) is 29.6. The Kier molecular flexibility index (Phi) is 3.22. The first kappa shape index (κ1) is 14.9. The van der Waals surface area contributed by atoms with E-state index in [1.165, 1.54) is 24.9 Å². The van der Waals surface area contributed by atoms with Gasteiger partial charge < -0.3 is 25.8 Å². The number of nitrogen functional groups attached to an aromatic ring is 1. The van der Waals surface area contributed by atoms with Gasteiger partial charge in [-0.1, -0.05) is 0 Å². The van der Waals surface area contributed by atoms with E-state index in [0.717, 1.165) is 4.57 Å². The molecular weight excluding hydrogens is 294 g/mol. The summed E-state index contributed by atoms with van der Waals surface area (Å²) in [5.74, 6) is -0.0165. The predicted octanol–water partition coefficient (Wildman–Crippen LogP) is -2.29. The summed E-state index contributed by atoms with van der Waals surface area (Å²) in [5.41, 5.74) is 4.12. The molecule has 1 fully saturated rings. The van der Waals surface area contributed by atoms with Gasteiger partial charge in [0.05, 0.1) is 12.9 Å². The highest BCUT2D eigenvalue weighted by molar-refractivity contribution is 5.71. The van der Waals surface area contributed by atoms with Crippen LogP contribution in [0.2, 0.25) is 0 Å². The summed E-state index contributed by atoms with van der Waals surface area (Å²) >= 11 is 0. The van der Waals surface area contributed by atoms with Gasteiger partial charge in [0.15, 0.2) is 17.4 Å². The minimum Gasteiger partial charge on any atom is -0.393 e. The van der Waals surface area contributed by atoms with Crippen molar-refractivity contribution in [2.24, 2.45) is 7.05 Å². The highest BCUT2D eigenvalue weighted by atomic mass is 16.6. The Bertz CT molecular complexity index is 786. The highest BCUT2D eigenvalue weighted by Crippen LogP contribution is 2.37. The number of nitrogens with zero attached hydrogens (tertiary/aromatic N) is 4. The number of hydrogen-bond acceptors (Lipinski definition) is 8. The Morgan fingerprint density at radius 3 is 2.77 bits per heavy atom. The van der Waals surface area contributed by atoms with E-state index >= 15 is 0 Å². The van der Waals surface area contributed by atoms with Gasteiger partial charge in [-0.25, -0.2) is 4.98 Å². The van der Waals surface area contributed by atoms with Crippen molar-refractivity contribution in [2.75, 3.05) is 12.3 Å². The Labute approximate surface area is 124 Å². The first-order valence-corrected chi connectivity index (χ1v) is 6.64. The number of rotatable bonds is 2. The lowest BCUT2D eigenvalue weighted by atomic mass is 9.99. The molecule has 3 rings (SSSR count). The van der Waals surface area contributed by atoms with Gasteiger partial charge in [-0.3, -0.25) is 13.9 Å². The first-order chi connectivity index (χ1) is 10.3. The SMILES string of the molecule is Cn1c(N)nc2c(ncn2[C@@H]2OC(C)(CO)C(O)[C@@H]2O)c1=O. The molecule has 120 valence electrons. The Hall–Kier alpha value is -2.01. The lowest BCUT2D eigenvalue weighted by molar-refractivity contribution is -0.115. The van der Waals surface area contributed by atoms with Crippen LogP contribution in [0.15, 0.2) is 11.1 Å². The van der Waals surface area contributed by atoms with Crippen LogP contribution in [0.1, 0.15) is 13.2 Å². The molecule has 1 aliphatic rings. The molecule has 10 heteroatoms. The molecule has 0 spiro atoms. The summed E-state index contributed by atoms with van der Waals surface area (Å²) in [7, 11) is 1.47. The Balaban J connectivity index is 2.14. The number of aliphatic hydroxyl groups excluding tert-OH is 3. The zero-order valence-electron chi connectivity index (χ0n) is 12.0. The average molecular weight is 311 g/mol. The van der Waals surface area contributed by atoms with E-state index in [1.807, 2.05) is 0 Å². The third-order valence-electron chi connectivity index (χ3n) is 4.06. The average Bonchev–Trinajstić information content (AvgIpc) is 3.00. The third kappa shape index (κ3) is 1.85. The molecule has 2 aromatic heterocycles. The van der Waals surface area contributed by atoms with Gasteiger partial charge in [-0.15, -0.1) is 0 Å². The summed E-state index contributed by atoms with van der Waals surface area (Å²) in [6.07, 6.45) is -2.39. The fourth-order valence-electron chi connectivity index (χ4n) is 2.53. The zero-order valence-corrected chi connectivity index (χ0v) is 12.0. The van der Waals surface area contributed by atoms with Crippen molar-refractivity contribution in [3.05, 3.63) is 16.7 Å². The topological polar surface area (TPSA) is 149 Å². The molecule has 0 amide bonds. The summed E-state index contributed by atoms with van der Waals surface area (Å²) in [6, 6.07) is 0. The summed E-state index contributed by atoms with van der Waals surface area (Å²) < 4.78 is 8.04. The number of fused-ring (bicyclic) bond motifs is 1. The fraction of sp³-hybridized carbons (Fsp3) is 0.583. The number of aromatic nitrogens is 4. The van der Waals surface area contributed by atoms with E-state index < -0.39 is 36.2 Å². The van der Waals surface area contributed by atoms with Crippen molar-refractivity contribution in [3.8, 4) is 0 Å². The van der Waals surface area contributed by atoms with Crippen molar-refractivity contribution in [1.29, 1.82) is 0 Å². The van der Waals surface area contributed by atoms with Gasteiger partial charge in [0, 0.05) is 7.05 Å². The maximum atomic E-state index is 12.1. The second-order valence-electron chi connectivity index (χ2n) is 5.57. The van der Waals surface area contributed by atoms with Crippen LogP contribution in [0.5, 0.6) is 0 Å². The highest BCUT2D eigenvalue weighted by Gasteiger charge is 2.52. The summed E-state index contributed by atoms with van der Waals surface area (Å²) in [6.45, 7) is 0.993. The van der Waals surface area contributed by atoms with Crippen LogP contribution in [-0.4, -0.2) is 58.8 Å². The van der Waals surface area contributed by atoms with Gasteiger partial charge in [-0.05, 0) is 6.92 Å². The minimum absolute atomic E-state index is 0.0165. The monoisotopic (exact) mass is 311 g/mol. The Morgan fingerprint density at radius 2 is 2.18 bits per heavy atom. The minimum atomic E-state index is -1.33. The maximum absolute atomic E-state index is 12.1. The van der Waals surface area contributed by atoms with E-state index in [-0.39, 0.29) is 17.1 Å². The molecule has 2 aromatic rings. The molecule has 10 nitrogen and oxygen atoms in total. The molecular formula is C12H17N5O5. The number of nitrogens with two attached hydrogens (primary N) is 1. The van der Waals surface area contributed by atoms with E-state index in [1.54, 1.807) is 0 Å². The number of imidazole rings is 1. The predicted molar refractivity (Wildman–Crippen MR) is 74.8 cm³/mol. The lowest BCUT2D eigenvalue weighted by Crippen LogP contribution is -2.43. The smallest absolute Gasteiger partial charge is 0.282 e. The van der Waals surface area contributed by atoms with Crippen LogP contribution in [0.25, 0.3) is 11.2 Å². The number of hydrogen-bond donors (Lipinski definition) is 4. The van der Waals surface area contributed by atoms with Crippen LogP contribution in [0.4, 0.5) is 5.95 Å². The maximum Gasteiger partial charge on any atom is 0.282 e. The summed E-state index contributed by atoms with van der Waals surface area (Å²) in [4.78, 5) is 20.1. The molecule has 3 heterocycles. The van der Waals surface area contributed by atoms with Crippen molar-refractivity contribution >= 4 is 17.1 Å². The van der Waals surface area contributed by atoms with Gasteiger partial charge in [0.25, 0.3) is 5.56 Å². The zero-order chi connectivity index (χ0) is 16.2. The Morgan fingerprint density at radius 1 is 1.50 bits per heavy atom. The third-order valence-corrected chi connectivity index (χ3v) is 4.06. The van der Waals surface area contributed by atoms with Crippen LogP contribution in [0, 0.1) is 0 Å². The lowest BCUT2D eigenvalue weighted by Gasteiger charge is -2.24. The van der Waals surface area contributed by atoms with E-state index in [2.05, 4.69) is 9.97 Å². The van der Waals surface area contributed by atoms with Crippen molar-refractivity contribution < 1.29 is 20.1 Å². The van der Waals surface area contributed by atoms with Crippen molar-refractivity contribution in [1.82, 2.24) is 19.1 Å². The molecule has 22 heavy (non-hydrogen) atoms. The standard InChI is InChI=1S/C12H17N5O5/c1-12(3-18)7(20)6(19)10(22-12)17-4-14-5-8(17)15-11(13)16(2)9(5)21/h4,6-7,10,18-20H,3H2,1-2H3,(H2,13,15)/t6-,7?,10+,12?/m0/s1. The second kappa shape index (κ2) is 4.74. The molecule has 0 radical (unpaired) electrons. The van der Waals surface area contributed by atoms with E-state index in [9.17, 15) is 20.1 Å². The van der Waals surface area contributed by atoms with Crippen molar-refractivity contribution in [3.63, 3.8) is 0 Å². The molecule has 5 N–H and O–H groups in total. The fourth-order valence-corrected chi connectivity index (χ4v) is 2.53. The molecule has 1 saturated heterocycles. The van der Waals surface area contributed by atoms with Crippen LogP contribution in [0.3, 0.4) is 0 Å². The van der Waals surface area contributed by atoms with Crippen LogP contribution < -0.4 is 11.3 Å². The van der Waals surface area contributed by atoms with Gasteiger partial charge in [0.2, 0.25) is 5.95 Å². The quantitative estimate of drug-likeness (QED) is 0.484. The molecule has 1 aliphatic heterocycles. The van der Waals surface area contributed by atoms with Gasteiger partial charge in [-0.2, -0.15) is 4.98 Å². The van der Waals surface area contributed by atoms with Crippen LogP contribution in [-0.2, 0) is 11.8 Å². The van der Waals surface area contributed by atoms with E-state index in [0.29, 0.717) is 0 Å². The van der Waals surface area contributed by atoms with Crippen LogP contribution >= 0.6 is 0 Å². The van der Waals surface area contributed by atoms with E-state index in [4.69, 9.17) is 10.5 Å². The number of aliphatic hydroxyl groups is 3. The first-order valence-electron chi connectivity index (χ1n) is 6.64. The molecule has 0 bridgehead atoms. The molecule has 4 atom stereocenters. The molecule has 2 unspecified atom stereocenters. The largest absolute Gasteiger partial charge is 0.393 e. The van der Waals surface area contributed by atoms with Gasteiger partial charge in [0.1, 0.15) is 17.8 Å². The van der Waals surface area contributed by atoms with Crippen molar-refractivity contribution in [2.45, 2.75) is 31.0 Å². The molecule has 0 aliphatic carbocycles.